The van der Waals surface area contributed by atoms with Gasteiger partial charge in [0, 0.05) is 11.3 Å². The number of rotatable bonds is 3. The Morgan fingerprint density at radius 1 is 1.70 bits per heavy atom. The minimum Gasteiger partial charge on any atom is -0.369 e. The van der Waals surface area contributed by atoms with E-state index >= 15 is 0 Å². The van der Waals surface area contributed by atoms with E-state index in [0.717, 1.165) is 23.3 Å². The first-order chi connectivity index (χ1) is 9.40. The second kappa shape index (κ2) is 5.84. The van der Waals surface area contributed by atoms with Crippen LogP contribution in [-0.2, 0) is 22.6 Å². The van der Waals surface area contributed by atoms with Crippen molar-refractivity contribution in [1.29, 1.82) is 5.26 Å². The van der Waals surface area contributed by atoms with Crippen molar-refractivity contribution in [2.24, 2.45) is 0 Å². The van der Waals surface area contributed by atoms with Crippen LogP contribution in [0.3, 0.4) is 0 Å². The number of carbonyl (C=O) groups is 1. The smallest absolute Gasteiger partial charge is 0.238 e. The topological polar surface area (TPSA) is 62.1 Å². The number of amides is 1. The van der Waals surface area contributed by atoms with Gasteiger partial charge < -0.3 is 10.1 Å². The Morgan fingerprint density at radius 2 is 2.40 bits per heavy atom. The molecule has 1 aliphatic rings. The third-order valence-electron chi connectivity index (χ3n) is 3.65. The molecule has 1 unspecified atom stereocenters. The number of fused-ring (bicyclic) bond motifs is 1. The number of thiophene rings is 1. The zero-order chi connectivity index (χ0) is 14.9. The van der Waals surface area contributed by atoms with Crippen LogP contribution in [0.4, 0.5) is 5.00 Å². The first-order valence-electron chi connectivity index (χ1n) is 6.53. The number of ether oxygens (including phenoxy) is 1. The normalized spacial score (nSPS) is 22.8. The summed E-state index contributed by atoms with van der Waals surface area (Å²) in [6, 6.07) is 2.23. The van der Waals surface area contributed by atoms with Gasteiger partial charge in [-0.3, -0.25) is 4.79 Å². The maximum absolute atomic E-state index is 11.8. The average Bonchev–Trinajstić information content (AvgIpc) is 2.74. The Balaban J connectivity index is 2.35. The zero-order valence-electron chi connectivity index (χ0n) is 11.7. The van der Waals surface area contributed by atoms with Gasteiger partial charge in [-0.2, -0.15) is 5.26 Å². The van der Waals surface area contributed by atoms with E-state index in [1.807, 2.05) is 0 Å². The summed E-state index contributed by atoms with van der Waals surface area (Å²) in [5, 5.41) is 12.9. The van der Waals surface area contributed by atoms with Crippen LogP contribution in [0.15, 0.2) is 0 Å². The quantitative estimate of drug-likeness (QED) is 0.841. The molecule has 1 aromatic heterocycles. The van der Waals surface area contributed by atoms with Gasteiger partial charge in [0.15, 0.2) is 0 Å². The van der Waals surface area contributed by atoms with Crippen LogP contribution < -0.4 is 5.32 Å². The third kappa shape index (κ3) is 2.90. The van der Waals surface area contributed by atoms with Gasteiger partial charge in [0.25, 0.3) is 0 Å². The Hall–Kier alpha value is -0.900. The van der Waals surface area contributed by atoms with Gasteiger partial charge in [-0.15, -0.1) is 11.3 Å². The molecule has 0 saturated heterocycles. The van der Waals surface area contributed by atoms with Crippen molar-refractivity contribution in [2.75, 3.05) is 5.32 Å². The minimum absolute atomic E-state index is 0.140. The molecule has 1 N–H and O–H groups in total. The predicted molar refractivity (Wildman–Crippen MR) is 83.2 cm³/mol. The molecule has 0 radical (unpaired) electrons. The summed E-state index contributed by atoms with van der Waals surface area (Å²) in [6.45, 7) is 6.41. The average molecular weight is 357 g/mol. The molecule has 20 heavy (non-hydrogen) atoms. The molecule has 1 aliphatic heterocycles. The number of halogens is 1. The van der Waals surface area contributed by atoms with E-state index in [2.05, 4.69) is 41.2 Å². The van der Waals surface area contributed by atoms with Crippen LogP contribution in [0.2, 0.25) is 0 Å². The van der Waals surface area contributed by atoms with Crippen LogP contribution in [0.1, 0.15) is 43.2 Å². The van der Waals surface area contributed by atoms with Crippen molar-refractivity contribution in [2.45, 2.75) is 50.6 Å². The molecule has 0 saturated carbocycles. The van der Waals surface area contributed by atoms with Crippen LogP contribution in [0, 0.1) is 11.3 Å². The summed E-state index contributed by atoms with van der Waals surface area (Å²) in [5.41, 5.74) is 1.41. The number of hydrogen-bond donors (Lipinski definition) is 1. The molecule has 2 rings (SSSR count). The number of nitrogens with one attached hydrogen (secondary N) is 1. The fourth-order valence-corrected chi connectivity index (χ4v) is 3.32. The number of nitriles is 1. The lowest BCUT2D eigenvalue weighted by atomic mass is 9.90. The molecule has 6 heteroatoms. The lowest BCUT2D eigenvalue weighted by molar-refractivity contribution is -0.115. The largest absolute Gasteiger partial charge is 0.369 e. The molecule has 1 aromatic rings. The number of nitrogens with zero attached hydrogens (tertiary/aromatic N) is 1. The highest BCUT2D eigenvalue weighted by Gasteiger charge is 2.33. The highest BCUT2D eigenvalue weighted by molar-refractivity contribution is 9.10. The molecular weight excluding hydrogens is 340 g/mol. The standard InChI is InChI=1S/C14H17BrN2O2S/c1-4-14(3)5-9-10(6-16)13(17-12(18)8(2)15)20-11(9)7-19-14/h8H,4-5,7H2,1-3H3,(H,17,18)/t8?,14-/m0/s1. The summed E-state index contributed by atoms with van der Waals surface area (Å²) in [4.78, 5) is 12.5. The van der Waals surface area contributed by atoms with Crippen LogP contribution in [0.5, 0.6) is 0 Å². The minimum atomic E-state index is -0.287. The van der Waals surface area contributed by atoms with E-state index in [0.29, 0.717) is 17.2 Å². The first kappa shape index (κ1) is 15.5. The van der Waals surface area contributed by atoms with E-state index in [4.69, 9.17) is 4.74 Å². The van der Waals surface area contributed by atoms with Gasteiger partial charge in [-0.05, 0) is 25.8 Å². The molecule has 2 atom stereocenters. The van der Waals surface area contributed by atoms with Gasteiger partial charge in [0.2, 0.25) is 5.91 Å². The monoisotopic (exact) mass is 356 g/mol. The number of hydrogen-bond acceptors (Lipinski definition) is 4. The fourth-order valence-electron chi connectivity index (χ4n) is 2.13. The van der Waals surface area contributed by atoms with Crippen LogP contribution >= 0.6 is 27.3 Å². The van der Waals surface area contributed by atoms with Crippen molar-refractivity contribution in [3.63, 3.8) is 0 Å². The van der Waals surface area contributed by atoms with Gasteiger partial charge in [-0.25, -0.2) is 0 Å². The molecular formula is C14H17BrN2O2S. The number of carbonyl (C=O) groups excluding carboxylic acids is 1. The molecule has 108 valence electrons. The molecule has 2 heterocycles. The van der Waals surface area contributed by atoms with Gasteiger partial charge in [0.1, 0.15) is 11.1 Å². The molecule has 0 aromatic carbocycles. The van der Waals surface area contributed by atoms with E-state index in [1.54, 1.807) is 6.92 Å². The van der Waals surface area contributed by atoms with Gasteiger partial charge in [0.05, 0.1) is 22.6 Å². The third-order valence-corrected chi connectivity index (χ3v) is 5.19. The van der Waals surface area contributed by atoms with Crippen molar-refractivity contribution < 1.29 is 9.53 Å². The van der Waals surface area contributed by atoms with Crippen molar-refractivity contribution in [1.82, 2.24) is 0 Å². The van der Waals surface area contributed by atoms with Crippen molar-refractivity contribution in [3.8, 4) is 6.07 Å². The fraction of sp³-hybridized carbons (Fsp3) is 0.571. The molecule has 0 fully saturated rings. The van der Waals surface area contributed by atoms with E-state index < -0.39 is 0 Å². The maximum atomic E-state index is 11.8. The van der Waals surface area contributed by atoms with Crippen LogP contribution in [-0.4, -0.2) is 16.3 Å². The summed E-state index contributed by atoms with van der Waals surface area (Å²) in [7, 11) is 0. The Morgan fingerprint density at radius 3 is 2.95 bits per heavy atom. The second-order valence-electron chi connectivity index (χ2n) is 5.19. The molecule has 0 aliphatic carbocycles. The molecule has 4 nitrogen and oxygen atoms in total. The predicted octanol–water partition coefficient (Wildman–Crippen LogP) is 3.58. The van der Waals surface area contributed by atoms with Crippen LogP contribution in [0.25, 0.3) is 0 Å². The second-order valence-corrected chi connectivity index (χ2v) is 7.67. The van der Waals surface area contributed by atoms with E-state index in [1.165, 1.54) is 11.3 Å². The summed E-state index contributed by atoms with van der Waals surface area (Å²) >= 11 is 4.67. The van der Waals surface area contributed by atoms with E-state index in [-0.39, 0.29) is 16.3 Å². The zero-order valence-corrected chi connectivity index (χ0v) is 14.2. The molecule has 1 amide bonds. The molecule has 0 spiro atoms. The Kier molecular flexibility index (Phi) is 4.52. The Bertz CT molecular complexity index is 576. The Labute approximate surface area is 131 Å². The summed E-state index contributed by atoms with van der Waals surface area (Å²) in [6.07, 6.45) is 1.62. The lowest BCUT2D eigenvalue weighted by Crippen LogP contribution is -2.34. The van der Waals surface area contributed by atoms with Crippen molar-refractivity contribution >= 4 is 38.2 Å². The number of anilines is 1. The SMILES string of the molecule is CC[C@@]1(C)Cc2c(sc(NC(=O)C(C)Br)c2C#N)CO1. The van der Waals surface area contributed by atoms with Gasteiger partial charge in [-0.1, -0.05) is 22.9 Å². The van der Waals surface area contributed by atoms with Gasteiger partial charge >= 0.3 is 0 Å². The summed E-state index contributed by atoms with van der Waals surface area (Å²) < 4.78 is 5.89. The number of alkyl halides is 1. The maximum Gasteiger partial charge on any atom is 0.238 e. The van der Waals surface area contributed by atoms with E-state index in [9.17, 15) is 10.1 Å². The molecule has 0 bridgehead atoms. The lowest BCUT2D eigenvalue weighted by Gasteiger charge is -2.32. The highest BCUT2D eigenvalue weighted by atomic mass is 79.9. The highest BCUT2D eigenvalue weighted by Crippen LogP contribution is 2.41. The first-order valence-corrected chi connectivity index (χ1v) is 8.27. The van der Waals surface area contributed by atoms with Crippen molar-refractivity contribution in [3.05, 3.63) is 16.0 Å². The summed E-state index contributed by atoms with van der Waals surface area (Å²) in [5.74, 6) is -0.140.